The highest BCUT2D eigenvalue weighted by Crippen LogP contribution is 2.21. The Morgan fingerprint density at radius 1 is 1.07 bits per heavy atom. The highest BCUT2D eigenvalue weighted by Gasteiger charge is 2.23. The summed E-state index contributed by atoms with van der Waals surface area (Å²) in [6, 6.07) is 6.24. The van der Waals surface area contributed by atoms with E-state index in [-0.39, 0.29) is 17.3 Å². The number of nitrogens with zero attached hydrogens (tertiary/aromatic N) is 3. The van der Waals surface area contributed by atoms with Crippen LogP contribution in [0.3, 0.4) is 0 Å². The van der Waals surface area contributed by atoms with Gasteiger partial charge in [0.25, 0.3) is 5.56 Å². The summed E-state index contributed by atoms with van der Waals surface area (Å²) in [6.07, 6.45) is 1.29. The Bertz CT molecular complexity index is 1110. The van der Waals surface area contributed by atoms with Crippen molar-refractivity contribution in [1.82, 2.24) is 9.13 Å². The molecule has 3 rings (SSSR count). The molecule has 1 aliphatic rings. The molecule has 0 radical (unpaired) electrons. The first-order chi connectivity index (χ1) is 13.7. The van der Waals surface area contributed by atoms with Crippen molar-refractivity contribution in [1.29, 1.82) is 0 Å². The Hall–Kier alpha value is -3.69. The number of ether oxygens (including phenoxy) is 1. The van der Waals surface area contributed by atoms with Gasteiger partial charge in [0.05, 0.1) is 5.56 Å². The SMILES string of the molecule is Cn1c(N)c(C(=O)COC(=O)c2ccc(N3CCCC3=O)cc2)c(=O)n(C)c1=O. The average molecular weight is 400 g/mol. The minimum atomic E-state index is -0.855. The Balaban J connectivity index is 1.71. The number of nitrogens with two attached hydrogens (primary N) is 1. The molecule has 0 bridgehead atoms. The molecule has 1 aromatic heterocycles. The molecule has 10 heteroatoms. The lowest BCUT2D eigenvalue weighted by Gasteiger charge is -2.15. The van der Waals surface area contributed by atoms with Gasteiger partial charge in [-0.2, -0.15) is 0 Å². The molecular weight excluding hydrogens is 380 g/mol. The van der Waals surface area contributed by atoms with Crippen LogP contribution in [-0.2, 0) is 23.6 Å². The quantitative estimate of drug-likeness (QED) is 0.544. The molecule has 2 aromatic rings. The second-order valence-corrected chi connectivity index (χ2v) is 6.66. The second-order valence-electron chi connectivity index (χ2n) is 6.66. The van der Waals surface area contributed by atoms with Gasteiger partial charge in [0.15, 0.2) is 6.61 Å². The number of Topliss-reactive ketones (excluding diaryl/α,β-unsaturated/α-hetero) is 1. The molecule has 10 nitrogen and oxygen atoms in total. The van der Waals surface area contributed by atoms with E-state index in [1.807, 2.05) is 0 Å². The molecule has 1 aromatic carbocycles. The Morgan fingerprint density at radius 3 is 2.31 bits per heavy atom. The number of hydrogen-bond donors (Lipinski definition) is 1. The normalized spacial score (nSPS) is 13.6. The lowest BCUT2D eigenvalue weighted by Crippen LogP contribution is -2.42. The third-order valence-corrected chi connectivity index (χ3v) is 4.81. The first-order valence-corrected chi connectivity index (χ1v) is 8.88. The number of ketones is 1. The molecule has 2 N–H and O–H groups in total. The predicted molar refractivity (Wildman–Crippen MR) is 104 cm³/mol. The fraction of sp³-hybridized carbons (Fsp3) is 0.316. The maximum absolute atomic E-state index is 12.4. The van der Waals surface area contributed by atoms with Crippen LogP contribution < -0.4 is 21.9 Å². The third kappa shape index (κ3) is 3.68. The van der Waals surface area contributed by atoms with Crippen LogP contribution in [0.1, 0.15) is 33.6 Å². The van der Waals surface area contributed by atoms with Crippen LogP contribution in [0.15, 0.2) is 33.9 Å². The first-order valence-electron chi connectivity index (χ1n) is 8.88. The summed E-state index contributed by atoms with van der Waals surface area (Å²) in [7, 11) is 2.55. The second kappa shape index (κ2) is 7.74. The molecule has 0 unspecified atom stereocenters. The summed E-state index contributed by atoms with van der Waals surface area (Å²) in [6.45, 7) is -0.0735. The molecule has 0 aliphatic carbocycles. The van der Waals surface area contributed by atoms with Crippen LogP contribution in [0.4, 0.5) is 11.5 Å². The van der Waals surface area contributed by atoms with Gasteiger partial charge in [0, 0.05) is 32.7 Å². The number of carbonyl (C=O) groups excluding carboxylic acids is 3. The molecule has 1 fully saturated rings. The van der Waals surface area contributed by atoms with E-state index in [2.05, 4.69) is 0 Å². The zero-order valence-electron chi connectivity index (χ0n) is 16.0. The molecule has 152 valence electrons. The lowest BCUT2D eigenvalue weighted by atomic mass is 10.2. The van der Waals surface area contributed by atoms with Crippen LogP contribution in [-0.4, -0.2) is 39.9 Å². The largest absolute Gasteiger partial charge is 0.454 e. The van der Waals surface area contributed by atoms with Gasteiger partial charge < -0.3 is 15.4 Å². The molecule has 2 heterocycles. The van der Waals surface area contributed by atoms with Crippen molar-refractivity contribution in [2.24, 2.45) is 14.1 Å². The summed E-state index contributed by atoms with van der Waals surface area (Å²) in [5, 5.41) is 0. The maximum atomic E-state index is 12.4. The first kappa shape index (κ1) is 20.1. The van der Waals surface area contributed by atoms with E-state index in [0.717, 1.165) is 15.6 Å². The predicted octanol–water partition coefficient (Wildman–Crippen LogP) is -0.167. The van der Waals surface area contributed by atoms with Crippen molar-refractivity contribution >= 4 is 29.2 Å². The van der Waals surface area contributed by atoms with E-state index >= 15 is 0 Å². The van der Waals surface area contributed by atoms with Crippen LogP contribution in [0, 0.1) is 0 Å². The molecule has 0 spiro atoms. The van der Waals surface area contributed by atoms with E-state index in [1.54, 1.807) is 17.0 Å². The average Bonchev–Trinajstić information content (AvgIpc) is 3.15. The molecule has 0 atom stereocenters. The summed E-state index contributed by atoms with van der Waals surface area (Å²) >= 11 is 0. The van der Waals surface area contributed by atoms with Crippen molar-refractivity contribution in [2.45, 2.75) is 12.8 Å². The zero-order chi connectivity index (χ0) is 21.3. The van der Waals surface area contributed by atoms with Gasteiger partial charge in [-0.3, -0.25) is 23.5 Å². The van der Waals surface area contributed by atoms with E-state index in [4.69, 9.17) is 10.5 Å². The Kier molecular flexibility index (Phi) is 5.35. The van der Waals surface area contributed by atoms with Crippen LogP contribution in [0.25, 0.3) is 0 Å². The number of esters is 1. The van der Waals surface area contributed by atoms with Crippen molar-refractivity contribution < 1.29 is 19.1 Å². The topological polar surface area (TPSA) is 134 Å². The molecule has 1 saturated heterocycles. The fourth-order valence-electron chi connectivity index (χ4n) is 3.11. The summed E-state index contributed by atoms with van der Waals surface area (Å²) in [5.74, 6) is -1.84. The standard InChI is InChI=1S/C19H20N4O6/c1-21-16(20)15(17(26)22(2)19(21)28)13(24)10-29-18(27)11-5-7-12(8-6-11)23-9-3-4-14(23)25/h5-8H,3-4,9-10,20H2,1-2H3. The highest BCUT2D eigenvalue weighted by atomic mass is 16.5. The Labute approximate surface area is 165 Å². The lowest BCUT2D eigenvalue weighted by molar-refractivity contribution is -0.117. The van der Waals surface area contributed by atoms with Gasteiger partial charge in [-0.05, 0) is 30.7 Å². The number of hydrogen-bond acceptors (Lipinski definition) is 7. The maximum Gasteiger partial charge on any atom is 0.338 e. The third-order valence-electron chi connectivity index (χ3n) is 4.81. The highest BCUT2D eigenvalue weighted by molar-refractivity contribution is 6.02. The van der Waals surface area contributed by atoms with Gasteiger partial charge in [-0.15, -0.1) is 0 Å². The van der Waals surface area contributed by atoms with Crippen LogP contribution in [0.2, 0.25) is 0 Å². The van der Waals surface area contributed by atoms with Gasteiger partial charge in [-0.25, -0.2) is 9.59 Å². The smallest absolute Gasteiger partial charge is 0.338 e. The minimum Gasteiger partial charge on any atom is -0.454 e. The van der Waals surface area contributed by atoms with Gasteiger partial charge in [0.1, 0.15) is 11.4 Å². The van der Waals surface area contributed by atoms with Gasteiger partial charge in [0.2, 0.25) is 11.7 Å². The van der Waals surface area contributed by atoms with E-state index in [1.165, 1.54) is 26.2 Å². The van der Waals surface area contributed by atoms with Crippen molar-refractivity contribution in [3.05, 3.63) is 56.2 Å². The zero-order valence-corrected chi connectivity index (χ0v) is 16.0. The number of nitrogen functional groups attached to an aromatic ring is 1. The van der Waals surface area contributed by atoms with E-state index in [9.17, 15) is 24.0 Å². The fourth-order valence-corrected chi connectivity index (χ4v) is 3.11. The van der Waals surface area contributed by atoms with Crippen LogP contribution in [0.5, 0.6) is 0 Å². The summed E-state index contributed by atoms with van der Waals surface area (Å²) < 4.78 is 6.71. The monoisotopic (exact) mass is 400 g/mol. The van der Waals surface area contributed by atoms with Gasteiger partial charge in [-0.1, -0.05) is 0 Å². The Morgan fingerprint density at radius 2 is 1.72 bits per heavy atom. The van der Waals surface area contributed by atoms with Crippen molar-refractivity contribution in [3.63, 3.8) is 0 Å². The summed E-state index contributed by atoms with van der Waals surface area (Å²) in [5.41, 5.74) is 4.65. The number of carbonyl (C=O) groups is 3. The molecule has 1 aliphatic heterocycles. The molecular formula is C19H20N4O6. The number of rotatable bonds is 5. The van der Waals surface area contributed by atoms with E-state index < -0.39 is 35.2 Å². The molecule has 1 amide bonds. The van der Waals surface area contributed by atoms with E-state index in [0.29, 0.717) is 18.7 Å². The molecule has 29 heavy (non-hydrogen) atoms. The number of aromatic nitrogens is 2. The minimum absolute atomic E-state index is 0.0300. The number of benzene rings is 1. The van der Waals surface area contributed by atoms with Crippen molar-refractivity contribution in [3.8, 4) is 0 Å². The number of anilines is 2. The van der Waals surface area contributed by atoms with Crippen molar-refractivity contribution in [2.75, 3.05) is 23.8 Å². The number of amides is 1. The molecule has 0 saturated carbocycles. The summed E-state index contributed by atoms with van der Waals surface area (Å²) in [4.78, 5) is 62.0. The van der Waals surface area contributed by atoms with Crippen LogP contribution >= 0.6 is 0 Å². The van der Waals surface area contributed by atoms with Gasteiger partial charge >= 0.3 is 11.7 Å².